The van der Waals surface area contributed by atoms with Crippen molar-refractivity contribution in [2.24, 2.45) is 0 Å². The van der Waals surface area contributed by atoms with E-state index in [0.29, 0.717) is 16.1 Å². The second-order valence-electron chi connectivity index (χ2n) is 6.23. The van der Waals surface area contributed by atoms with E-state index in [1.165, 1.54) is 24.3 Å². The maximum absolute atomic E-state index is 14.4. The Morgan fingerprint density at radius 2 is 1.96 bits per heavy atom. The number of rotatable bonds is 3. The smallest absolute Gasteiger partial charge is 0.346 e. The molecule has 27 heavy (non-hydrogen) atoms. The van der Waals surface area contributed by atoms with Crippen molar-refractivity contribution in [1.82, 2.24) is 0 Å². The zero-order valence-corrected chi connectivity index (χ0v) is 14.7. The number of carbonyl (C=O) groups is 2. The van der Waals surface area contributed by atoms with E-state index in [1.54, 1.807) is 24.3 Å². The van der Waals surface area contributed by atoms with Gasteiger partial charge in [-0.25, -0.2) is 9.18 Å². The first-order valence-electron chi connectivity index (χ1n) is 8.19. The SMILES string of the molecule is O=C1CC(c2cccc(O)c2)c2sc(C(=O)O)c(-c3ccccc3F)c2N1. The van der Waals surface area contributed by atoms with Gasteiger partial charge in [0.25, 0.3) is 0 Å². The lowest BCUT2D eigenvalue weighted by Gasteiger charge is -2.24. The second-order valence-corrected chi connectivity index (χ2v) is 7.28. The number of phenolic OH excluding ortho intramolecular Hbond substituents is 1. The predicted octanol–water partition coefficient (Wildman–Crippen LogP) is 4.43. The quantitative estimate of drug-likeness (QED) is 0.624. The van der Waals surface area contributed by atoms with Crippen LogP contribution in [0.5, 0.6) is 5.75 Å². The molecule has 0 spiro atoms. The maximum atomic E-state index is 14.4. The molecular weight excluding hydrogens is 369 g/mol. The van der Waals surface area contributed by atoms with Crippen molar-refractivity contribution in [3.8, 4) is 16.9 Å². The van der Waals surface area contributed by atoms with Crippen LogP contribution in [-0.2, 0) is 4.79 Å². The summed E-state index contributed by atoms with van der Waals surface area (Å²) in [5, 5.41) is 22.2. The molecule has 136 valence electrons. The lowest BCUT2D eigenvalue weighted by Crippen LogP contribution is -2.22. The van der Waals surface area contributed by atoms with Crippen molar-refractivity contribution in [2.45, 2.75) is 12.3 Å². The predicted molar refractivity (Wildman–Crippen MR) is 99.9 cm³/mol. The van der Waals surface area contributed by atoms with Gasteiger partial charge in [-0.2, -0.15) is 0 Å². The van der Waals surface area contributed by atoms with Crippen LogP contribution in [0.25, 0.3) is 11.1 Å². The Kier molecular flexibility index (Phi) is 4.16. The van der Waals surface area contributed by atoms with Gasteiger partial charge in [0.15, 0.2) is 0 Å². The molecule has 0 fully saturated rings. The Hall–Kier alpha value is -3.19. The Morgan fingerprint density at radius 3 is 2.67 bits per heavy atom. The summed E-state index contributed by atoms with van der Waals surface area (Å²) in [5.41, 5.74) is 1.33. The lowest BCUT2D eigenvalue weighted by atomic mass is 9.88. The average Bonchev–Trinajstić information content (AvgIpc) is 3.01. The van der Waals surface area contributed by atoms with Crippen molar-refractivity contribution >= 4 is 28.9 Å². The molecule has 4 rings (SSSR count). The van der Waals surface area contributed by atoms with Crippen LogP contribution in [-0.4, -0.2) is 22.1 Å². The summed E-state index contributed by atoms with van der Waals surface area (Å²) < 4.78 is 14.4. The van der Waals surface area contributed by atoms with Crippen LogP contribution >= 0.6 is 11.3 Å². The van der Waals surface area contributed by atoms with Gasteiger partial charge in [0.1, 0.15) is 16.4 Å². The maximum Gasteiger partial charge on any atom is 0.346 e. The second kappa shape index (κ2) is 6.51. The van der Waals surface area contributed by atoms with E-state index in [1.807, 2.05) is 0 Å². The molecule has 3 N–H and O–H groups in total. The molecule has 2 heterocycles. The van der Waals surface area contributed by atoms with Gasteiger partial charge in [-0.1, -0.05) is 30.3 Å². The third-order valence-electron chi connectivity index (χ3n) is 4.52. The number of aromatic hydroxyl groups is 1. The van der Waals surface area contributed by atoms with Gasteiger partial charge in [-0.15, -0.1) is 11.3 Å². The zero-order valence-electron chi connectivity index (χ0n) is 13.9. The Bertz CT molecular complexity index is 1080. The molecule has 5 nitrogen and oxygen atoms in total. The number of hydrogen-bond acceptors (Lipinski definition) is 4. The van der Waals surface area contributed by atoms with Gasteiger partial charge in [0.2, 0.25) is 5.91 Å². The number of benzene rings is 2. The molecule has 0 bridgehead atoms. The third kappa shape index (κ3) is 2.96. The van der Waals surface area contributed by atoms with Crippen LogP contribution in [0.15, 0.2) is 48.5 Å². The minimum Gasteiger partial charge on any atom is -0.508 e. The van der Waals surface area contributed by atoms with E-state index in [2.05, 4.69) is 5.32 Å². The summed E-state index contributed by atoms with van der Waals surface area (Å²) in [6.45, 7) is 0. The summed E-state index contributed by atoms with van der Waals surface area (Å²) in [6.07, 6.45) is 0.118. The molecule has 1 aromatic heterocycles. The Morgan fingerprint density at radius 1 is 1.19 bits per heavy atom. The molecule has 1 amide bonds. The summed E-state index contributed by atoms with van der Waals surface area (Å²) in [6, 6.07) is 12.4. The number of hydrogen-bond donors (Lipinski definition) is 3. The number of amides is 1. The molecule has 1 atom stereocenters. The fourth-order valence-electron chi connectivity index (χ4n) is 3.37. The third-order valence-corrected chi connectivity index (χ3v) is 5.81. The monoisotopic (exact) mass is 383 g/mol. The number of carbonyl (C=O) groups excluding carboxylic acids is 1. The molecule has 7 heteroatoms. The highest BCUT2D eigenvalue weighted by Gasteiger charge is 2.35. The van der Waals surface area contributed by atoms with Gasteiger partial charge >= 0.3 is 5.97 Å². The number of anilines is 1. The van der Waals surface area contributed by atoms with E-state index in [-0.39, 0.29) is 34.1 Å². The first-order chi connectivity index (χ1) is 13.0. The molecular formula is C20H14FNO4S. The number of fused-ring (bicyclic) bond motifs is 1. The standard InChI is InChI=1S/C20H14FNO4S/c21-14-7-2-1-6-12(14)16-17-18(27-19(16)20(25)26)13(9-15(24)22-17)10-4-3-5-11(23)8-10/h1-8,13,23H,9H2,(H,22,24)(H,25,26). The number of thiophene rings is 1. The average molecular weight is 383 g/mol. The fraction of sp³-hybridized carbons (Fsp3) is 0.100. The largest absolute Gasteiger partial charge is 0.508 e. The Labute approximate surface area is 157 Å². The molecule has 0 saturated carbocycles. The first kappa shape index (κ1) is 17.2. The fourth-order valence-corrected chi connectivity index (χ4v) is 4.61. The van der Waals surface area contributed by atoms with Crippen molar-refractivity contribution in [1.29, 1.82) is 0 Å². The van der Waals surface area contributed by atoms with Crippen LogP contribution < -0.4 is 5.32 Å². The van der Waals surface area contributed by atoms with E-state index in [4.69, 9.17) is 0 Å². The number of carboxylic acids is 1. The molecule has 3 aromatic rings. The summed E-state index contributed by atoms with van der Waals surface area (Å²) in [5.74, 6) is -2.39. The number of nitrogens with one attached hydrogen (secondary N) is 1. The van der Waals surface area contributed by atoms with Gasteiger partial charge in [-0.3, -0.25) is 4.79 Å². The highest BCUT2D eigenvalue weighted by molar-refractivity contribution is 7.15. The normalized spacial score (nSPS) is 15.9. The van der Waals surface area contributed by atoms with E-state index in [9.17, 15) is 24.2 Å². The number of halogens is 1. The summed E-state index contributed by atoms with van der Waals surface area (Å²) in [4.78, 5) is 24.8. The van der Waals surface area contributed by atoms with E-state index < -0.39 is 17.7 Å². The summed E-state index contributed by atoms with van der Waals surface area (Å²) >= 11 is 1.02. The van der Waals surface area contributed by atoms with Crippen molar-refractivity contribution < 1.29 is 24.2 Å². The molecule has 0 radical (unpaired) electrons. The zero-order chi connectivity index (χ0) is 19.1. The lowest BCUT2D eigenvalue weighted by molar-refractivity contribution is -0.116. The Balaban J connectivity index is 1.97. The van der Waals surface area contributed by atoms with Crippen LogP contribution in [0.1, 0.15) is 32.5 Å². The molecule has 1 unspecified atom stereocenters. The van der Waals surface area contributed by atoms with Gasteiger partial charge in [0, 0.05) is 28.3 Å². The number of aromatic carboxylic acids is 1. The van der Waals surface area contributed by atoms with Gasteiger partial charge in [-0.05, 0) is 23.8 Å². The molecule has 1 aliphatic rings. The van der Waals surface area contributed by atoms with Crippen molar-refractivity contribution in [3.05, 3.63) is 69.7 Å². The van der Waals surface area contributed by atoms with E-state index in [0.717, 1.165) is 11.3 Å². The van der Waals surface area contributed by atoms with Gasteiger partial charge in [0.05, 0.1) is 5.69 Å². The van der Waals surface area contributed by atoms with E-state index >= 15 is 0 Å². The first-order valence-corrected chi connectivity index (χ1v) is 9.01. The number of phenols is 1. The van der Waals surface area contributed by atoms with Crippen LogP contribution in [0.4, 0.5) is 10.1 Å². The molecule has 0 saturated heterocycles. The summed E-state index contributed by atoms with van der Waals surface area (Å²) in [7, 11) is 0. The molecule has 1 aliphatic heterocycles. The topological polar surface area (TPSA) is 86.6 Å². The minimum atomic E-state index is -1.18. The van der Waals surface area contributed by atoms with Crippen molar-refractivity contribution in [3.63, 3.8) is 0 Å². The molecule has 0 aliphatic carbocycles. The van der Waals surface area contributed by atoms with Gasteiger partial charge < -0.3 is 15.5 Å². The minimum absolute atomic E-state index is 0.0301. The van der Waals surface area contributed by atoms with Crippen molar-refractivity contribution in [2.75, 3.05) is 5.32 Å². The highest BCUT2D eigenvalue weighted by Crippen LogP contribution is 2.50. The molecule has 2 aromatic carbocycles. The van der Waals surface area contributed by atoms with Crippen LogP contribution in [0.3, 0.4) is 0 Å². The van der Waals surface area contributed by atoms with Crippen LogP contribution in [0.2, 0.25) is 0 Å². The van der Waals surface area contributed by atoms with Crippen LogP contribution in [0, 0.1) is 5.82 Å². The highest BCUT2D eigenvalue weighted by atomic mass is 32.1. The number of carboxylic acid groups (broad SMARTS) is 1.